The van der Waals surface area contributed by atoms with Gasteiger partial charge in [-0.05, 0) is 50.7 Å². The van der Waals surface area contributed by atoms with Crippen molar-refractivity contribution in [2.45, 2.75) is 77.5 Å². The molecule has 0 bridgehead atoms. The zero-order valence-electron chi connectivity index (χ0n) is 17.5. The smallest absolute Gasteiger partial charge is 0.407 e. The Bertz CT molecular complexity index is 503. The highest BCUT2D eigenvalue weighted by atomic mass is 28.4. The summed E-state index contributed by atoms with van der Waals surface area (Å²) in [4.78, 5) is 13.0. The van der Waals surface area contributed by atoms with Crippen LogP contribution in [0.2, 0.25) is 18.1 Å². The molecule has 3 atom stereocenters. The Morgan fingerprint density at radius 3 is 2.50 bits per heavy atom. The normalized spacial score (nSPS) is 29.8. The van der Waals surface area contributed by atoms with Crippen molar-refractivity contribution in [3.05, 3.63) is 0 Å². The molecule has 6 nitrogen and oxygen atoms in total. The molecule has 1 amide bonds. The average molecular weight is 388 g/mol. The summed E-state index contributed by atoms with van der Waals surface area (Å²) in [6.07, 6.45) is 0.914. The van der Waals surface area contributed by atoms with Crippen LogP contribution in [-0.2, 0) is 13.9 Å². The van der Waals surface area contributed by atoms with Gasteiger partial charge in [0.15, 0.2) is 14.1 Å². The van der Waals surface area contributed by atoms with Crippen molar-refractivity contribution in [1.82, 2.24) is 4.90 Å². The van der Waals surface area contributed by atoms with E-state index in [4.69, 9.17) is 13.9 Å². The minimum Gasteiger partial charge on any atom is -0.465 e. The van der Waals surface area contributed by atoms with Crippen LogP contribution in [0, 0.1) is 11.8 Å². The highest BCUT2D eigenvalue weighted by Crippen LogP contribution is 2.39. The van der Waals surface area contributed by atoms with Crippen molar-refractivity contribution in [3.8, 4) is 0 Å². The van der Waals surface area contributed by atoms with Crippen LogP contribution in [0.15, 0.2) is 0 Å². The van der Waals surface area contributed by atoms with Crippen molar-refractivity contribution in [2.24, 2.45) is 11.8 Å². The van der Waals surface area contributed by atoms with Gasteiger partial charge in [-0.25, -0.2) is 4.79 Å². The molecule has 152 valence electrons. The summed E-state index contributed by atoms with van der Waals surface area (Å²) in [7, 11) is -1.76. The van der Waals surface area contributed by atoms with Crippen molar-refractivity contribution in [3.63, 3.8) is 0 Å². The summed E-state index contributed by atoms with van der Waals surface area (Å²) in [5.41, 5.74) is 0. The van der Waals surface area contributed by atoms with Crippen LogP contribution in [0.3, 0.4) is 0 Å². The first-order chi connectivity index (χ1) is 11.8. The number of nitrogens with zero attached hydrogens (tertiary/aromatic N) is 1. The quantitative estimate of drug-likeness (QED) is 0.717. The highest BCUT2D eigenvalue weighted by Gasteiger charge is 2.44. The average Bonchev–Trinajstić information content (AvgIpc) is 2.86. The molecule has 2 aliphatic rings. The van der Waals surface area contributed by atoms with Gasteiger partial charge in [0, 0.05) is 25.6 Å². The van der Waals surface area contributed by atoms with Crippen LogP contribution in [-0.4, -0.2) is 62.6 Å². The largest absolute Gasteiger partial charge is 0.465 e. The van der Waals surface area contributed by atoms with E-state index in [1.165, 1.54) is 4.90 Å². The maximum absolute atomic E-state index is 11.4. The van der Waals surface area contributed by atoms with E-state index < -0.39 is 20.2 Å². The molecule has 0 aromatic rings. The second kappa shape index (κ2) is 7.77. The van der Waals surface area contributed by atoms with Gasteiger partial charge in [0.05, 0.1) is 12.7 Å². The molecule has 2 saturated heterocycles. The molecule has 0 spiro atoms. The molecule has 0 aromatic heterocycles. The van der Waals surface area contributed by atoms with E-state index >= 15 is 0 Å². The highest BCUT2D eigenvalue weighted by molar-refractivity contribution is 6.74. The molecule has 7 heteroatoms. The first-order valence-corrected chi connectivity index (χ1v) is 12.7. The topological polar surface area (TPSA) is 68.2 Å². The number of likely N-dealkylation sites (tertiary alicyclic amines) is 1. The van der Waals surface area contributed by atoms with Crippen LogP contribution in [0.5, 0.6) is 0 Å². The Balaban J connectivity index is 1.99. The van der Waals surface area contributed by atoms with E-state index in [-0.39, 0.29) is 17.1 Å². The summed E-state index contributed by atoms with van der Waals surface area (Å²) in [6.45, 7) is 17.5. The van der Waals surface area contributed by atoms with Gasteiger partial charge < -0.3 is 23.9 Å². The number of carbonyl (C=O) groups is 1. The van der Waals surface area contributed by atoms with E-state index in [0.717, 1.165) is 19.4 Å². The lowest BCUT2D eigenvalue weighted by Gasteiger charge is -2.41. The Labute approximate surface area is 159 Å². The first kappa shape index (κ1) is 21.7. The second-order valence-corrected chi connectivity index (χ2v) is 14.5. The fourth-order valence-electron chi connectivity index (χ4n) is 3.59. The predicted molar refractivity (Wildman–Crippen MR) is 104 cm³/mol. The lowest BCUT2D eigenvalue weighted by molar-refractivity contribution is -0.150. The minimum atomic E-state index is -1.76. The maximum atomic E-state index is 11.4. The molecule has 0 aromatic carbocycles. The molecular formula is C19H37NO5Si. The first-order valence-electron chi connectivity index (χ1n) is 9.76. The number of amides is 1. The van der Waals surface area contributed by atoms with Crippen LogP contribution >= 0.6 is 0 Å². The summed E-state index contributed by atoms with van der Waals surface area (Å²) in [5, 5.41) is 9.59. The van der Waals surface area contributed by atoms with Gasteiger partial charge in [-0.2, -0.15) is 0 Å². The lowest BCUT2D eigenvalue weighted by Crippen LogP contribution is -2.49. The number of hydrogen-bond acceptors (Lipinski definition) is 4. The Morgan fingerprint density at radius 2 is 2.00 bits per heavy atom. The van der Waals surface area contributed by atoms with Gasteiger partial charge in [0.2, 0.25) is 0 Å². The second-order valence-electron chi connectivity index (χ2n) is 9.71. The number of ether oxygens (including phenoxy) is 2. The Hall–Kier alpha value is -0.633. The fourth-order valence-corrected chi connectivity index (χ4v) is 4.65. The van der Waals surface area contributed by atoms with Crippen LogP contribution in [0.25, 0.3) is 0 Å². The van der Waals surface area contributed by atoms with Gasteiger partial charge in [0.25, 0.3) is 0 Å². The molecule has 2 heterocycles. The third kappa shape index (κ3) is 5.21. The SMILES string of the molecule is CC1(C)OCC([C@H]2CN(C(=O)O)CC[C@H]2CCO[Si](C)(C)C(C)(C)C)O1. The van der Waals surface area contributed by atoms with E-state index in [1.807, 2.05) is 13.8 Å². The third-order valence-corrected chi connectivity index (χ3v) is 10.9. The van der Waals surface area contributed by atoms with Gasteiger partial charge in [-0.15, -0.1) is 0 Å². The molecule has 2 rings (SSSR count). The summed E-state index contributed by atoms with van der Waals surface area (Å²) >= 11 is 0. The zero-order chi connectivity index (χ0) is 19.8. The van der Waals surface area contributed by atoms with Gasteiger partial charge in [-0.1, -0.05) is 20.8 Å². The lowest BCUT2D eigenvalue weighted by atomic mass is 9.80. The Kier molecular flexibility index (Phi) is 6.48. The molecule has 0 aliphatic carbocycles. The van der Waals surface area contributed by atoms with Crippen LogP contribution in [0.4, 0.5) is 4.79 Å². The van der Waals surface area contributed by atoms with Crippen LogP contribution in [0.1, 0.15) is 47.5 Å². The number of piperidine rings is 1. The van der Waals surface area contributed by atoms with Crippen molar-refractivity contribution < 1.29 is 23.8 Å². The van der Waals surface area contributed by atoms with E-state index in [2.05, 4.69) is 33.9 Å². The maximum Gasteiger partial charge on any atom is 0.407 e. The molecule has 1 N–H and O–H groups in total. The summed E-state index contributed by atoms with van der Waals surface area (Å²) in [6, 6.07) is 0. The molecule has 1 unspecified atom stereocenters. The molecule has 26 heavy (non-hydrogen) atoms. The third-order valence-electron chi connectivity index (χ3n) is 6.34. The number of rotatable bonds is 5. The van der Waals surface area contributed by atoms with Gasteiger partial charge in [0.1, 0.15) is 0 Å². The zero-order valence-corrected chi connectivity index (χ0v) is 18.5. The monoisotopic (exact) mass is 387 g/mol. The van der Waals surface area contributed by atoms with Crippen LogP contribution < -0.4 is 0 Å². The summed E-state index contributed by atoms with van der Waals surface area (Å²) in [5.74, 6) is -0.0271. The van der Waals surface area contributed by atoms with Crippen molar-refractivity contribution in [2.75, 3.05) is 26.3 Å². The van der Waals surface area contributed by atoms with Crippen molar-refractivity contribution in [1.29, 1.82) is 0 Å². The summed E-state index contributed by atoms with van der Waals surface area (Å²) < 4.78 is 18.2. The van der Waals surface area contributed by atoms with Gasteiger partial charge >= 0.3 is 6.09 Å². The molecular weight excluding hydrogens is 350 g/mol. The van der Waals surface area contributed by atoms with E-state index in [0.29, 0.717) is 25.6 Å². The molecule has 2 aliphatic heterocycles. The minimum absolute atomic E-state index is 0.0509. The van der Waals surface area contributed by atoms with Gasteiger partial charge in [-0.3, -0.25) is 0 Å². The Morgan fingerprint density at radius 1 is 1.35 bits per heavy atom. The molecule has 0 saturated carbocycles. The standard InChI is InChI=1S/C19H37NO5Si/c1-18(2,3)26(6,7)24-11-9-14-8-10-20(17(21)22)12-15(14)16-13-23-19(4,5)25-16/h14-16H,8-13H2,1-7H3,(H,21,22)/t14-,15-,16?/m0/s1. The molecule has 2 fully saturated rings. The van der Waals surface area contributed by atoms with E-state index in [9.17, 15) is 9.90 Å². The fraction of sp³-hybridized carbons (Fsp3) is 0.947. The number of carboxylic acid groups (broad SMARTS) is 1. The molecule has 0 radical (unpaired) electrons. The van der Waals surface area contributed by atoms with E-state index in [1.54, 1.807) is 0 Å². The van der Waals surface area contributed by atoms with Crippen molar-refractivity contribution >= 4 is 14.4 Å². The number of hydrogen-bond donors (Lipinski definition) is 1. The predicted octanol–water partition coefficient (Wildman–Crippen LogP) is 4.17.